The monoisotopic (exact) mass is 305 g/mol. The zero-order chi connectivity index (χ0) is 16.1. The lowest BCUT2D eigenvalue weighted by atomic mass is 9.96. The molecule has 0 spiro atoms. The summed E-state index contributed by atoms with van der Waals surface area (Å²) in [6.45, 7) is 1.91. The molecule has 2 aromatic carbocycles. The van der Waals surface area contributed by atoms with Gasteiger partial charge in [0.15, 0.2) is 5.78 Å². The number of aliphatic hydroxyl groups is 2. The Bertz CT molecular complexity index is 909. The number of hydrogen-bond acceptors (Lipinski definition) is 4. The number of ketones is 1. The molecule has 0 saturated carbocycles. The summed E-state index contributed by atoms with van der Waals surface area (Å²) in [5, 5.41) is 24.0. The van der Waals surface area contributed by atoms with E-state index in [0.29, 0.717) is 16.7 Å². The molecular weight excluding hydrogens is 290 g/mol. The number of carbonyl (C=O) groups excluding carboxylic acids is 1. The molecule has 0 amide bonds. The Morgan fingerprint density at radius 3 is 2.61 bits per heavy atom. The summed E-state index contributed by atoms with van der Waals surface area (Å²) in [4.78, 5) is 12.7. The molecule has 4 nitrogen and oxygen atoms in total. The smallest absolute Gasteiger partial charge is 0.195 e. The van der Waals surface area contributed by atoms with E-state index in [1.54, 1.807) is 24.3 Å². The van der Waals surface area contributed by atoms with Gasteiger partial charge >= 0.3 is 0 Å². The van der Waals surface area contributed by atoms with Crippen LogP contribution in [-0.4, -0.2) is 22.0 Å². The van der Waals surface area contributed by atoms with Crippen molar-refractivity contribution in [2.24, 2.45) is 0 Å². The molecule has 1 aliphatic heterocycles. The zero-order valence-corrected chi connectivity index (χ0v) is 12.5. The van der Waals surface area contributed by atoms with Crippen molar-refractivity contribution < 1.29 is 15.0 Å². The van der Waals surface area contributed by atoms with Crippen molar-refractivity contribution in [2.45, 2.75) is 13.0 Å². The van der Waals surface area contributed by atoms with Gasteiger partial charge in [-0.1, -0.05) is 29.8 Å². The standard InChI is InChI=1S/C19H15NO3/c1-10-6-7-11-13(8-10)19(23)17(18(11)22)15-9-16(21)12-4-2-3-5-14(12)20-15/h2-9,15,20-21,23H,1H3. The first-order valence-electron chi connectivity index (χ1n) is 7.42. The van der Waals surface area contributed by atoms with Crippen LogP contribution in [0.2, 0.25) is 0 Å². The summed E-state index contributed by atoms with van der Waals surface area (Å²) in [7, 11) is 0. The number of nitrogens with one attached hydrogen (secondary N) is 1. The topological polar surface area (TPSA) is 69.6 Å². The van der Waals surface area contributed by atoms with E-state index < -0.39 is 6.04 Å². The first-order valence-corrected chi connectivity index (χ1v) is 7.42. The number of aliphatic hydroxyl groups excluding tert-OH is 2. The minimum atomic E-state index is -0.565. The molecule has 0 fully saturated rings. The van der Waals surface area contributed by atoms with Gasteiger partial charge in [-0.25, -0.2) is 0 Å². The summed E-state index contributed by atoms with van der Waals surface area (Å²) in [5.74, 6) is -0.127. The second-order valence-corrected chi connectivity index (χ2v) is 5.86. The van der Waals surface area contributed by atoms with E-state index in [1.165, 1.54) is 0 Å². The number of benzene rings is 2. The highest BCUT2D eigenvalue weighted by molar-refractivity contribution is 6.21. The van der Waals surface area contributed by atoms with Crippen LogP contribution >= 0.6 is 0 Å². The molecule has 1 heterocycles. The van der Waals surface area contributed by atoms with Crippen LogP contribution in [0.1, 0.15) is 27.0 Å². The quantitative estimate of drug-likeness (QED) is 0.748. The second kappa shape index (κ2) is 4.74. The van der Waals surface area contributed by atoms with Crippen LogP contribution < -0.4 is 5.32 Å². The molecular formula is C19H15NO3. The summed E-state index contributed by atoms with van der Waals surface area (Å²) in [5.41, 5.74) is 3.71. The van der Waals surface area contributed by atoms with Gasteiger partial charge in [0.1, 0.15) is 11.5 Å². The Morgan fingerprint density at radius 1 is 1.00 bits per heavy atom. The number of anilines is 1. The molecule has 3 N–H and O–H groups in total. The molecule has 0 bridgehead atoms. The highest BCUT2D eigenvalue weighted by Gasteiger charge is 2.35. The van der Waals surface area contributed by atoms with Crippen molar-refractivity contribution in [2.75, 3.05) is 5.32 Å². The van der Waals surface area contributed by atoms with Gasteiger partial charge in [0.05, 0.1) is 11.6 Å². The van der Waals surface area contributed by atoms with E-state index in [2.05, 4.69) is 5.32 Å². The lowest BCUT2D eigenvalue weighted by Crippen LogP contribution is -2.27. The molecule has 0 radical (unpaired) electrons. The Balaban J connectivity index is 1.81. The van der Waals surface area contributed by atoms with Gasteiger partial charge in [-0.3, -0.25) is 4.79 Å². The third kappa shape index (κ3) is 1.95. The van der Waals surface area contributed by atoms with E-state index in [1.807, 2.05) is 31.2 Å². The van der Waals surface area contributed by atoms with Crippen LogP contribution in [0.4, 0.5) is 5.69 Å². The zero-order valence-electron chi connectivity index (χ0n) is 12.5. The largest absolute Gasteiger partial charge is 0.507 e. The Labute approximate surface area is 133 Å². The van der Waals surface area contributed by atoms with Crippen LogP contribution in [0.15, 0.2) is 54.1 Å². The molecule has 1 unspecified atom stereocenters. The van der Waals surface area contributed by atoms with E-state index in [4.69, 9.17) is 0 Å². The van der Waals surface area contributed by atoms with Gasteiger partial charge in [-0.05, 0) is 31.2 Å². The molecule has 23 heavy (non-hydrogen) atoms. The van der Waals surface area contributed by atoms with Crippen molar-refractivity contribution in [3.63, 3.8) is 0 Å². The van der Waals surface area contributed by atoms with Gasteiger partial charge in [0, 0.05) is 22.4 Å². The Kier molecular flexibility index (Phi) is 2.81. The van der Waals surface area contributed by atoms with Crippen LogP contribution in [-0.2, 0) is 0 Å². The summed E-state index contributed by atoms with van der Waals surface area (Å²) in [6.07, 6.45) is 1.56. The predicted octanol–water partition coefficient (Wildman–Crippen LogP) is 3.85. The van der Waals surface area contributed by atoms with Gasteiger partial charge in [0.2, 0.25) is 0 Å². The van der Waals surface area contributed by atoms with Gasteiger partial charge in [0.25, 0.3) is 0 Å². The van der Waals surface area contributed by atoms with Crippen LogP contribution in [0.5, 0.6) is 0 Å². The highest BCUT2D eigenvalue weighted by atomic mass is 16.3. The first kappa shape index (κ1) is 13.6. The summed E-state index contributed by atoms with van der Waals surface area (Å²) in [6, 6.07) is 12.1. The number of Topliss-reactive ketones (excluding diaryl/α,β-unsaturated/α-hetero) is 1. The number of aryl methyl sites for hydroxylation is 1. The molecule has 1 aliphatic carbocycles. The molecule has 4 heteroatoms. The molecule has 4 rings (SSSR count). The molecule has 2 aliphatic rings. The van der Waals surface area contributed by atoms with Crippen molar-refractivity contribution >= 4 is 23.0 Å². The van der Waals surface area contributed by atoms with E-state index in [9.17, 15) is 15.0 Å². The van der Waals surface area contributed by atoms with Crippen molar-refractivity contribution in [3.05, 3.63) is 76.4 Å². The predicted molar refractivity (Wildman–Crippen MR) is 89.5 cm³/mol. The average Bonchev–Trinajstić information content (AvgIpc) is 2.78. The average molecular weight is 305 g/mol. The van der Waals surface area contributed by atoms with E-state index in [-0.39, 0.29) is 22.9 Å². The Hall–Kier alpha value is -3.01. The number of rotatable bonds is 1. The maximum atomic E-state index is 12.7. The molecule has 2 aromatic rings. The molecule has 1 atom stereocenters. The van der Waals surface area contributed by atoms with Crippen molar-refractivity contribution in [1.82, 2.24) is 0 Å². The summed E-state index contributed by atoms with van der Waals surface area (Å²) < 4.78 is 0. The normalized spacial score (nSPS) is 19.1. The third-order valence-electron chi connectivity index (χ3n) is 4.32. The number of para-hydroxylation sites is 1. The van der Waals surface area contributed by atoms with Gasteiger partial charge in [-0.2, -0.15) is 0 Å². The van der Waals surface area contributed by atoms with Gasteiger partial charge in [-0.15, -0.1) is 0 Å². The third-order valence-corrected chi connectivity index (χ3v) is 4.32. The maximum absolute atomic E-state index is 12.7. The minimum absolute atomic E-state index is 0.0189. The number of carbonyl (C=O) groups is 1. The molecule has 0 saturated heterocycles. The fourth-order valence-corrected chi connectivity index (χ4v) is 3.18. The lowest BCUT2D eigenvalue weighted by molar-refractivity contribution is 0.103. The van der Waals surface area contributed by atoms with Crippen molar-refractivity contribution in [1.29, 1.82) is 0 Å². The fourth-order valence-electron chi connectivity index (χ4n) is 3.18. The fraction of sp³-hybridized carbons (Fsp3) is 0.105. The van der Waals surface area contributed by atoms with E-state index in [0.717, 1.165) is 11.3 Å². The van der Waals surface area contributed by atoms with E-state index >= 15 is 0 Å². The van der Waals surface area contributed by atoms with Crippen LogP contribution in [0, 0.1) is 6.92 Å². The second-order valence-electron chi connectivity index (χ2n) is 5.86. The van der Waals surface area contributed by atoms with Crippen LogP contribution in [0.3, 0.4) is 0 Å². The minimum Gasteiger partial charge on any atom is -0.507 e. The lowest BCUT2D eigenvalue weighted by Gasteiger charge is -2.24. The number of hydrogen-bond donors (Lipinski definition) is 3. The Morgan fingerprint density at radius 2 is 1.78 bits per heavy atom. The van der Waals surface area contributed by atoms with Gasteiger partial charge < -0.3 is 15.5 Å². The molecule has 114 valence electrons. The number of fused-ring (bicyclic) bond motifs is 2. The highest BCUT2D eigenvalue weighted by Crippen LogP contribution is 2.37. The maximum Gasteiger partial charge on any atom is 0.195 e. The van der Waals surface area contributed by atoms with Crippen LogP contribution in [0.25, 0.3) is 11.5 Å². The summed E-state index contributed by atoms with van der Waals surface area (Å²) >= 11 is 0. The van der Waals surface area contributed by atoms with Crippen molar-refractivity contribution in [3.8, 4) is 0 Å². The first-order chi connectivity index (χ1) is 11.1. The molecule has 0 aromatic heterocycles. The SMILES string of the molecule is Cc1ccc2c(c1)C(O)=C(C1C=C(O)c3ccccc3N1)C2=O.